The fourth-order valence-corrected chi connectivity index (χ4v) is 5.64. The Balaban J connectivity index is 1.98. The highest BCUT2D eigenvalue weighted by Crippen LogP contribution is 2.33. The highest BCUT2D eigenvalue weighted by Gasteiger charge is 2.38. The van der Waals surface area contributed by atoms with Gasteiger partial charge in [0.2, 0.25) is 0 Å². The zero-order valence-electron chi connectivity index (χ0n) is 18.8. The van der Waals surface area contributed by atoms with Crippen molar-refractivity contribution in [2.24, 2.45) is 0 Å². The predicted octanol–water partition coefficient (Wildman–Crippen LogP) is 7.98. The summed E-state index contributed by atoms with van der Waals surface area (Å²) in [6.45, 7) is 8.94. The van der Waals surface area contributed by atoms with Crippen molar-refractivity contribution in [1.29, 1.82) is 0 Å². The molecule has 158 valence electrons. The lowest BCUT2D eigenvalue weighted by molar-refractivity contribution is -0.116. The van der Waals surface area contributed by atoms with Gasteiger partial charge in [-0.2, -0.15) is 0 Å². The van der Waals surface area contributed by atoms with Gasteiger partial charge in [0.05, 0.1) is 5.60 Å². The smallest absolute Gasteiger partial charge is 0.184 e. The van der Waals surface area contributed by atoms with Crippen LogP contribution in [-0.2, 0) is 9.22 Å². The quantitative estimate of drug-likeness (QED) is 0.185. The van der Waals surface area contributed by atoms with Gasteiger partial charge in [-0.15, -0.1) is 0 Å². The molecule has 1 rings (SSSR count). The lowest BCUT2D eigenvalue weighted by atomic mass is 9.95. The molecule has 0 aliphatic heterocycles. The number of rotatable bonds is 17. The molecule has 1 atom stereocenters. The van der Waals surface area contributed by atoms with E-state index in [2.05, 4.69) is 32.6 Å². The molecule has 0 radical (unpaired) electrons. The largest absolute Gasteiger partial charge is 0.408 e. The Bertz CT molecular complexity index is 425. The zero-order valence-corrected chi connectivity index (χ0v) is 19.8. The molecule has 2 nitrogen and oxygen atoms in total. The first-order valence-corrected chi connectivity index (χ1v) is 15.2. The molecule has 0 aromatic carbocycles. The van der Waals surface area contributed by atoms with Crippen LogP contribution in [0.1, 0.15) is 110 Å². The molecule has 0 spiro atoms. The number of hydrogen-bond acceptors (Lipinski definition) is 2. The molecule has 0 aromatic heterocycles. The van der Waals surface area contributed by atoms with Gasteiger partial charge in [-0.05, 0) is 32.1 Å². The van der Waals surface area contributed by atoms with Crippen LogP contribution in [0, 0.1) is 0 Å². The zero-order chi connectivity index (χ0) is 20.0. The van der Waals surface area contributed by atoms with Gasteiger partial charge in [0, 0.05) is 6.42 Å². The van der Waals surface area contributed by atoms with Crippen LogP contribution < -0.4 is 0 Å². The van der Waals surface area contributed by atoms with Gasteiger partial charge in [-0.25, -0.2) is 0 Å². The van der Waals surface area contributed by atoms with E-state index in [1.54, 1.807) is 6.08 Å². The Hall–Kier alpha value is -0.413. The average Bonchev–Trinajstić information content (AvgIpc) is 2.94. The molecule has 0 heterocycles. The number of allylic oxidation sites excluding steroid dienone is 1. The standard InChI is InChI=1S/C24H46O2Si/c1-5-6-7-8-9-10-11-12-13-14-15-16-17-18-20-24(26-27(2,3)4)21-19-23(25)22-24/h19,21H,5-18,20,22H2,1-4H3/t24-/m0/s1. The Morgan fingerprint density at radius 1 is 0.815 bits per heavy atom. The van der Waals surface area contributed by atoms with E-state index in [0.29, 0.717) is 6.42 Å². The molecule has 0 unspecified atom stereocenters. The lowest BCUT2D eigenvalue weighted by Gasteiger charge is -2.34. The highest BCUT2D eigenvalue weighted by molar-refractivity contribution is 6.69. The van der Waals surface area contributed by atoms with Gasteiger partial charge in [0.25, 0.3) is 0 Å². The van der Waals surface area contributed by atoms with Crippen molar-refractivity contribution < 1.29 is 9.22 Å². The lowest BCUT2D eigenvalue weighted by Crippen LogP contribution is -2.40. The number of ketones is 1. The number of carbonyl (C=O) groups is 1. The van der Waals surface area contributed by atoms with Gasteiger partial charge < -0.3 is 4.43 Å². The molecular weight excluding hydrogens is 348 g/mol. The second-order valence-corrected chi connectivity index (χ2v) is 14.0. The summed E-state index contributed by atoms with van der Waals surface area (Å²) in [6.07, 6.45) is 24.7. The third-order valence-corrected chi connectivity index (χ3v) is 6.53. The van der Waals surface area contributed by atoms with Gasteiger partial charge in [0.15, 0.2) is 14.1 Å². The van der Waals surface area contributed by atoms with Crippen molar-refractivity contribution >= 4 is 14.1 Å². The van der Waals surface area contributed by atoms with E-state index in [0.717, 1.165) is 6.42 Å². The van der Waals surface area contributed by atoms with E-state index in [1.165, 1.54) is 89.9 Å². The van der Waals surface area contributed by atoms with E-state index in [4.69, 9.17) is 4.43 Å². The van der Waals surface area contributed by atoms with Crippen LogP contribution in [0.3, 0.4) is 0 Å². The van der Waals surface area contributed by atoms with Crippen LogP contribution in [0.5, 0.6) is 0 Å². The predicted molar refractivity (Wildman–Crippen MR) is 121 cm³/mol. The van der Waals surface area contributed by atoms with Crippen LogP contribution in [-0.4, -0.2) is 19.7 Å². The third-order valence-electron chi connectivity index (χ3n) is 5.51. The molecule has 0 saturated carbocycles. The summed E-state index contributed by atoms with van der Waals surface area (Å²) >= 11 is 0. The van der Waals surface area contributed by atoms with Crippen molar-refractivity contribution in [3.05, 3.63) is 12.2 Å². The van der Waals surface area contributed by atoms with Crippen molar-refractivity contribution in [2.75, 3.05) is 0 Å². The van der Waals surface area contributed by atoms with Crippen LogP contribution in [0.15, 0.2) is 12.2 Å². The molecule has 1 aliphatic rings. The van der Waals surface area contributed by atoms with Gasteiger partial charge in [-0.1, -0.05) is 103 Å². The number of carbonyl (C=O) groups excluding carboxylic acids is 1. The first-order chi connectivity index (χ1) is 12.9. The summed E-state index contributed by atoms with van der Waals surface area (Å²) < 4.78 is 6.40. The molecule has 27 heavy (non-hydrogen) atoms. The van der Waals surface area contributed by atoms with Crippen LogP contribution >= 0.6 is 0 Å². The SMILES string of the molecule is CCCCCCCCCCCCCCCC[C@]1(O[Si](C)(C)C)C=CC(=O)C1. The summed E-state index contributed by atoms with van der Waals surface area (Å²) in [5.41, 5.74) is -0.279. The van der Waals surface area contributed by atoms with E-state index >= 15 is 0 Å². The molecular formula is C24H46O2Si. The molecule has 1 aliphatic carbocycles. The Morgan fingerprint density at radius 3 is 1.63 bits per heavy atom. The highest BCUT2D eigenvalue weighted by atomic mass is 28.4. The molecule has 0 fully saturated rings. The van der Waals surface area contributed by atoms with E-state index in [-0.39, 0.29) is 11.4 Å². The van der Waals surface area contributed by atoms with Crippen molar-refractivity contribution in [3.8, 4) is 0 Å². The summed E-state index contributed by atoms with van der Waals surface area (Å²) in [4.78, 5) is 11.7. The van der Waals surface area contributed by atoms with Crippen molar-refractivity contribution in [2.45, 2.75) is 135 Å². The van der Waals surface area contributed by atoms with Crippen LogP contribution in [0.25, 0.3) is 0 Å². The molecule has 0 aromatic rings. The Morgan fingerprint density at radius 2 is 1.26 bits per heavy atom. The monoisotopic (exact) mass is 394 g/mol. The van der Waals surface area contributed by atoms with E-state index < -0.39 is 8.32 Å². The summed E-state index contributed by atoms with van der Waals surface area (Å²) in [6, 6.07) is 0. The molecule has 0 bridgehead atoms. The van der Waals surface area contributed by atoms with Crippen LogP contribution in [0.2, 0.25) is 19.6 Å². The second kappa shape index (κ2) is 13.7. The molecule has 0 amide bonds. The van der Waals surface area contributed by atoms with Crippen molar-refractivity contribution in [1.82, 2.24) is 0 Å². The fourth-order valence-electron chi connectivity index (χ4n) is 4.18. The fraction of sp³-hybridized carbons (Fsp3) is 0.875. The minimum atomic E-state index is -1.63. The summed E-state index contributed by atoms with van der Waals surface area (Å²) in [5.74, 6) is 0.235. The number of unbranched alkanes of at least 4 members (excludes halogenated alkanes) is 13. The minimum Gasteiger partial charge on any atom is -0.408 e. The summed E-state index contributed by atoms with van der Waals surface area (Å²) in [5, 5.41) is 0. The first kappa shape index (κ1) is 24.6. The van der Waals surface area contributed by atoms with Gasteiger partial charge in [0.1, 0.15) is 0 Å². The third kappa shape index (κ3) is 12.6. The maximum Gasteiger partial charge on any atom is 0.184 e. The second-order valence-electron chi connectivity index (χ2n) is 9.60. The van der Waals surface area contributed by atoms with Gasteiger partial charge in [-0.3, -0.25) is 4.79 Å². The summed E-state index contributed by atoms with van der Waals surface area (Å²) in [7, 11) is -1.63. The topological polar surface area (TPSA) is 26.3 Å². The van der Waals surface area contributed by atoms with E-state index in [9.17, 15) is 4.79 Å². The Kier molecular flexibility index (Phi) is 12.5. The normalized spacial score (nSPS) is 19.9. The van der Waals surface area contributed by atoms with E-state index in [1.807, 2.05) is 0 Å². The molecule has 0 saturated heterocycles. The number of hydrogen-bond donors (Lipinski definition) is 0. The van der Waals surface area contributed by atoms with Crippen LogP contribution in [0.4, 0.5) is 0 Å². The molecule has 0 N–H and O–H groups in total. The van der Waals surface area contributed by atoms with Crippen molar-refractivity contribution in [3.63, 3.8) is 0 Å². The minimum absolute atomic E-state index is 0.235. The average molecular weight is 395 g/mol. The molecule has 3 heteroatoms. The van der Waals surface area contributed by atoms with Gasteiger partial charge >= 0.3 is 0 Å². The Labute approximate surface area is 170 Å². The first-order valence-electron chi connectivity index (χ1n) is 11.8. The maximum atomic E-state index is 11.7. The maximum absolute atomic E-state index is 11.7.